The standard InChI is InChI=1S/C35H58O7/c1-19(2)15-27(37)42-26-11-12-32(7)23-10-13-34-18-35(34,33(23,8)25(36)17-24(32)30(26,3)4)14-9-21(34)20-16-22(41-29(20)39)28(38)31(5,6)40/h19-26,28-29,36,38-40H,9-18H2,1-8H3. The van der Waals surface area contributed by atoms with Gasteiger partial charge < -0.3 is 29.9 Å². The molecule has 7 heteroatoms. The molecule has 0 aromatic heterocycles. The number of carbonyl (C=O) groups excluding carboxylic acids is 1. The van der Waals surface area contributed by atoms with Crippen molar-refractivity contribution in [2.24, 2.45) is 56.7 Å². The largest absolute Gasteiger partial charge is 0.462 e. The molecule has 13 unspecified atom stereocenters. The third kappa shape index (κ3) is 4.04. The summed E-state index contributed by atoms with van der Waals surface area (Å²) < 4.78 is 12.0. The van der Waals surface area contributed by atoms with Gasteiger partial charge in [-0.2, -0.15) is 0 Å². The van der Waals surface area contributed by atoms with Crippen LogP contribution < -0.4 is 0 Å². The summed E-state index contributed by atoms with van der Waals surface area (Å²) in [6.45, 7) is 16.7. The Kier molecular flexibility index (Phi) is 7.17. The zero-order chi connectivity index (χ0) is 30.8. The average molecular weight is 591 g/mol. The Hall–Kier alpha value is -0.730. The predicted octanol–water partition coefficient (Wildman–Crippen LogP) is 5.21. The number of aliphatic hydroxyl groups excluding tert-OH is 3. The molecule has 6 aliphatic rings. The van der Waals surface area contributed by atoms with Gasteiger partial charge in [0.2, 0.25) is 0 Å². The monoisotopic (exact) mass is 590 g/mol. The maximum atomic E-state index is 12.7. The summed E-state index contributed by atoms with van der Waals surface area (Å²) in [7, 11) is 0. The van der Waals surface area contributed by atoms with E-state index in [-0.39, 0.29) is 56.9 Å². The van der Waals surface area contributed by atoms with Crippen molar-refractivity contribution in [3.8, 4) is 0 Å². The Balaban J connectivity index is 1.25. The van der Waals surface area contributed by atoms with Gasteiger partial charge in [0.1, 0.15) is 12.2 Å². The molecule has 42 heavy (non-hydrogen) atoms. The fourth-order valence-electron chi connectivity index (χ4n) is 12.7. The summed E-state index contributed by atoms with van der Waals surface area (Å²) >= 11 is 0. The molecule has 0 spiro atoms. The van der Waals surface area contributed by atoms with Crippen molar-refractivity contribution >= 4 is 5.97 Å². The molecule has 0 aromatic carbocycles. The van der Waals surface area contributed by atoms with E-state index < -0.39 is 30.2 Å². The van der Waals surface area contributed by atoms with E-state index in [0.717, 1.165) is 51.4 Å². The molecule has 6 fully saturated rings. The van der Waals surface area contributed by atoms with Crippen LogP contribution in [0, 0.1) is 56.7 Å². The second-order valence-corrected chi connectivity index (χ2v) is 17.7. The second-order valence-electron chi connectivity index (χ2n) is 17.7. The van der Waals surface area contributed by atoms with Gasteiger partial charge in [0.05, 0.1) is 17.8 Å². The molecule has 0 bridgehead atoms. The minimum absolute atomic E-state index is 0.0597. The highest BCUT2D eigenvalue weighted by Gasteiger charge is 2.85. The first-order valence-electron chi connectivity index (χ1n) is 17.0. The molecule has 1 heterocycles. The van der Waals surface area contributed by atoms with Crippen LogP contribution in [0.15, 0.2) is 0 Å². The van der Waals surface area contributed by atoms with Crippen molar-refractivity contribution in [1.29, 1.82) is 0 Å². The highest BCUT2D eigenvalue weighted by Crippen LogP contribution is 2.91. The zero-order valence-electron chi connectivity index (χ0n) is 27.4. The Morgan fingerprint density at radius 2 is 1.69 bits per heavy atom. The van der Waals surface area contributed by atoms with E-state index in [9.17, 15) is 25.2 Å². The topological polar surface area (TPSA) is 116 Å². The average Bonchev–Trinajstić information content (AvgIpc) is 3.24. The predicted molar refractivity (Wildman–Crippen MR) is 159 cm³/mol. The van der Waals surface area contributed by atoms with Gasteiger partial charge in [-0.15, -0.1) is 0 Å². The van der Waals surface area contributed by atoms with E-state index in [1.807, 2.05) is 0 Å². The van der Waals surface area contributed by atoms with Gasteiger partial charge in [0.15, 0.2) is 6.29 Å². The fraction of sp³-hybridized carbons (Fsp3) is 0.971. The highest BCUT2D eigenvalue weighted by atomic mass is 16.6. The molecule has 0 radical (unpaired) electrons. The molecular weight excluding hydrogens is 532 g/mol. The van der Waals surface area contributed by atoms with Gasteiger partial charge >= 0.3 is 5.97 Å². The highest BCUT2D eigenvalue weighted by molar-refractivity contribution is 5.69. The smallest absolute Gasteiger partial charge is 0.306 e. The molecule has 240 valence electrons. The number of ether oxygens (including phenoxy) is 2. The Morgan fingerprint density at radius 1 is 1.00 bits per heavy atom. The van der Waals surface area contributed by atoms with Gasteiger partial charge in [-0.05, 0) is 112 Å². The van der Waals surface area contributed by atoms with E-state index in [0.29, 0.717) is 24.7 Å². The van der Waals surface area contributed by atoms with Crippen LogP contribution in [0.5, 0.6) is 0 Å². The van der Waals surface area contributed by atoms with Gasteiger partial charge in [0, 0.05) is 23.2 Å². The normalized spacial score (nSPS) is 51.7. The van der Waals surface area contributed by atoms with Crippen LogP contribution in [-0.4, -0.2) is 62.7 Å². The van der Waals surface area contributed by atoms with Crippen molar-refractivity contribution in [2.45, 2.75) is 156 Å². The van der Waals surface area contributed by atoms with E-state index in [1.54, 1.807) is 13.8 Å². The summed E-state index contributed by atoms with van der Waals surface area (Å²) in [5.41, 5.74) is -1.46. The van der Waals surface area contributed by atoms with Gasteiger partial charge in [-0.3, -0.25) is 4.79 Å². The number of hydrogen-bond donors (Lipinski definition) is 4. The van der Waals surface area contributed by atoms with E-state index in [1.165, 1.54) is 0 Å². The SMILES string of the molecule is CC(C)CC(=O)OC1CCC2(C)C(CC(O)C3(C)C2CCC24CC23CCC4C2CC(C(O)C(C)(C)O)OC2O)C1(C)C. The lowest BCUT2D eigenvalue weighted by Gasteiger charge is -2.68. The molecule has 0 aromatic rings. The summed E-state index contributed by atoms with van der Waals surface area (Å²) in [5, 5.41) is 44.5. The molecule has 13 atom stereocenters. The molecule has 0 amide bonds. The fourth-order valence-corrected chi connectivity index (χ4v) is 12.7. The minimum atomic E-state index is -1.29. The molecule has 1 saturated heterocycles. The quantitative estimate of drug-likeness (QED) is 0.314. The van der Waals surface area contributed by atoms with Crippen LogP contribution in [0.3, 0.4) is 0 Å². The van der Waals surface area contributed by atoms with Gasteiger partial charge in [-0.25, -0.2) is 0 Å². The first kappa shape index (κ1) is 31.3. The number of carbonyl (C=O) groups is 1. The van der Waals surface area contributed by atoms with Crippen molar-refractivity contribution in [3.05, 3.63) is 0 Å². The number of rotatable bonds is 6. The first-order valence-corrected chi connectivity index (χ1v) is 17.0. The number of fused-ring (bicyclic) bond motifs is 3. The van der Waals surface area contributed by atoms with Crippen LogP contribution >= 0.6 is 0 Å². The van der Waals surface area contributed by atoms with Gasteiger partial charge in [-0.1, -0.05) is 41.5 Å². The van der Waals surface area contributed by atoms with Crippen LogP contribution in [0.25, 0.3) is 0 Å². The lowest BCUT2D eigenvalue weighted by Crippen LogP contribution is -2.66. The van der Waals surface area contributed by atoms with E-state index in [4.69, 9.17) is 9.47 Å². The Morgan fingerprint density at radius 3 is 2.33 bits per heavy atom. The third-order valence-corrected chi connectivity index (χ3v) is 14.7. The van der Waals surface area contributed by atoms with Crippen LogP contribution in [0.2, 0.25) is 0 Å². The molecule has 5 aliphatic carbocycles. The molecule has 5 saturated carbocycles. The summed E-state index contributed by atoms with van der Waals surface area (Å²) in [5.74, 6) is 1.09. The Labute approximate surface area is 253 Å². The molecule has 4 N–H and O–H groups in total. The summed E-state index contributed by atoms with van der Waals surface area (Å²) in [6, 6.07) is 0. The maximum Gasteiger partial charge on any atom is 0.306 e. The van der Waals surface area contributed by atoms with Crippen molar-refractivity contribution in [3.63, 3.8) is 0 Å². The first-order chi connectivity index (χ1) is 19.3. The Bertz CT molecular complexity index is 1080. The lowest BCUT2D eigenvalue weighted by atomic mass is 9.37. The molecule has 1 aliphatic heterocycles. The number of esters is 1. The summed E-state index contributed by atoms with van der Waals surface area (Å²) in [4.78, 5) is 12.7. The van der Waals surface area contributed by atoms with Crippen LogP contribution in [-0.2, 0) is 14.3 Å². The molecule has 7 nitrogen and oxygen atoms in total. The van der Waals surface area contributed by atoms with Crippen molar-refractivity contribution in [1.82, 2.24) is 0 Å². The second kappa shape index (κ2) is 9.64. The zero-order valence-corrected chi connectivity index (χ0v) is 27.4. The van der Waals surface area contributed by atoms with Crippen molar-refractivity contribution in [2.75, 3.05) is 0 Å². The lowest BCUT2D eigenvalue weighted by molar-refractivity contribution is -0.246. The van der Waals surface area contributed by atoms with Crippen molar-refractivity contribution < 1.29 is 34.7 Å². The van der Waals surface area contributed by atoms with Gasteiger partial charge in [0.25, 0.3) is 0 Å². The summed E-state index contributed by atoms with van der Waals surface area (Å²) in [6.07, 6.45) is 5.95. The van der Waals surface area contributed by atoms with Crippen LogP contribution in [0.4, 0.5) is 0 Å². The number of hydrogen-bond acceptors (Lipinski definition) is 7. The van der Waals surface area contributed by atoms with Crippen LogP contribution in [0.1, 0.15) is 120 Å². The molecule has 6 rings (SSSR count). The third-order valence-electron chi connectivity index (χ3n) is 14.7. The van der Waals surface area contributed by atoms with E-state index >= 15 is 0 Å². The van der Waals surface area contributed by atoms with E-state index in [2.05, 4.69) is 41.5 Å². The molecular formula is C35H58O7. The minimum Gasteiger partial charge on any atom is -0.462 e. The number of aliphatic hydroxyl groups is 4. The maximum absolute atomic E-state index is 12.7.